The van der Waals surface area contributed by atoms with Gasteiger partial charge in [0.1, 0.15) is 0 Å². The highest BCUT2D eigenvalue weighted by molar-refractivity contribution is 5.16. The van der Waals surface area contributed by atoms with Crippen molar-refractivity contribution in [2.24, 2.45) is 0 Å². The van der Waals surface area contributed by atoms with E-state index in [9.17, 15) is 0 Å². The first kappa shape index (κ1) is 61.8. The van der Waals surface area contributed by atoms with Gasteiger partial charge in [0.2, 0.25) is 0 Å². The van der Waals surface area contributed by atoms with Crippen molar-refractivity contribution in [3.63, 3.8) is 0 Å². The molecule has 0 aliphatic heterocycles. The largest absolute Gasteiger partial charge is 0.382 e. The molecular formula is C64H84O2. The third kappa shape index (κ3) is 48.7. The van der Waals surface area contributed by atoms with E-state index in [0.29, 0.717) is 0 Å². The summed E-state index contributed by atoms with van der Waals surface area (Å²) in [5.41, 5.74) is 10.6. The van der Waals surface area contributed by atoms with Crippen LogP contribution >= 0.6 is 0 Å². The maximum atomic E-state index is 4.83. The number of hydrogen-bond acceptors (Lipinski definition) is 2. The molecule has 0 saturated carbocycles. The van der Waals surface area contributed by atoms with Crippen molar-refractivity contribution in [2.45, 2.75) is 83.1 Å². The van der Waals surface area contributed by atoms with Gasteiger partial charge < -0.3 is 9.47 Å². The number of aryl methyl sites for hydroxylation is 8. The van der Waals surface area contributed by atoms with Gasteiger partial charge in [-0.1, -0.05) is 287 Å². The van der Waals surface area contributed by atoms with Crippen molar-refractivity contribution in [3.05, 3.63) is 287 Å². The van der Waals surface area contributed by atoms with Crippen LogP contribution in [0.25, 0.3) is 0 Å². The van der Waals surface area contributed by atoms with Gasteiger partial charge in [-0.25, -0.2) is 0 Å². The first-order chi connectivity index (χ1) is 32.0. The molecule has 8 aromatic carbocycles. The average molecular weight is 885 g/mol. The van der Waals surface area contributed by atoms with Crippen LogP contribution in [-0.4, -0.2) is 26.4 Å². The molecule has 0 spiro atoms. The highest BCUT2D eigenvalue weighted by Crippen LogP contribution is 1.96. The summed E-state index contributed by atoms with van der Waals surface area (Å²) in [6.07, 6.45) is 0. The fourth-order valence-corrected chi connectivity index (χ4v) is 4.68. The van der Waals surface area contributed by atoms with Gasteiger partial charge in [0.05, 0.1) is 0 Å². The molecule has 66 heavy (non-hydrogen) atoms. The van der Waals surface area contributed by atoms with E-state index in [-0.39, 0.29) is 0 Å². The Morgan fingerprint density at radius 3 is 0.303 bits per heavy atom. The topological polar surface area (TPSA) is 18.5 Å². The van der Waals surface area contributed by atoms with E-state index in [0.717, 1.165) is 26.4 Å². The van der Waals surface area contributed by atoms with E-state index in [4.69, 9.17) is 9.47 Å². The van der Waals surface area contributed by atoms with Crippen LogP contribution in [0.5, 0.6) is 0 Å². The smallest absolute Gasteiger partial charge is 0.0437 e. The Balaban J connectivity index is 0. The summed E-state index contributed by atoms with van der Waals surface area (Å²) in [5.74, 6) is 0. The Bertz CT molecular complexity index is 1600. The molecule has 0 heterocycles. The van der Waals surface area contributed by atoms with Gasteiger partial charge in [0.15, 0.2) is 0 Å². The third-order valence-electron chi connectivity index (χ3n) is 8.34. The molecule has 0 fully saturated rings. The Morgan fingerprint density at radius 1 is 0.182 bits per heavy atom. The summed E-state index contributed by atoms with van der Waals surface area (Å²) in [4.78, 5) is 0. The van der Waals surface area contributed by atoms with Crippen LogP contribution in [0.2, 0.25) is 0 Å². The lowest BCUT2D eigenvalue weighted by Crippen LogP contribution is -1.84. The van der Waals surface area contributed by atoms with Crippen molar-refractivity contribution < 1.29 is 9.47 Å². The fraction of sp³-hybridized carbons (Fsp3) is 0.250. The van der Waals surface area contributed by atoms with Crippen molar-refractivity contribution >= 4 is 0 Å². The summed E-state index contributed by atoms with van der Waals surface area (Å²) >= 11 is 0. The Kier molecular flexibility index (Phi) is 45.1. The van der Waals surface area contributed by atoms with Gasteiger partial charge in [0.25, 0.3) is 0 Å². The predicted octanol–water partition coefficient (Wildman–Crippen LogP) is 18.0. The summed E-state index contributed by atoms with van der Waals surface area (Å²) in [7, 11) is 0. The van der Waals surface area contributed by atoms with Gasteiger partial charge >= 0.3 is 0 Å². The van der Waals surface area contributed by atoms with E-state index < -0.39 is 0 Å². The zero-order valence-corrected chi connectivity index (χ0v) is 42.7. The van der Waals surface area contributed by atoms with Crippen LogP contribution in [-0.2, 0) is 9.47 Å². The van der Waals surface area contributed by atoms with Crippen LogP contribution in [0.3, 0.4) is 0 Å². The standard InChI is InChI=1S/8C7H8.2C4H10O/c8*1-7-5-3-2-4-6-7;2*1-3-5-4-2/h8*2-6H,1H3;2*3-4H2,1-2H3. The van der Waals surface area contributed by atoms with Gasteiger partial charge in [-0.2, -0.15) is 0 Å². The lowest BCUT2D eigenvalue weighted by Gasteiger charge is -1.86. The molecule has 0 amide bonds. The van der Waals surface area contributed by atoms with Crippen LogP contribution < -0.4 is 0 Å². The molecule has 0 bridgehead atoms. The number of benzene rings is 8. The maximum absolute atomic E-state index is 4.83. The van der Waals surface area contributed by atoms with Gasteiger partial charge in [-0.15, -0.1) is 0 Å². The fourth-order valence-electron chi connectivity index (χ4n) is 4.68. The Morgan fingerprint density at radius 2 is 0.273 bits per heavy atom. The minimum absolute atomic E-state index is 0.844. The van der Waals surface area contributed by atoms with Crippen molar-refractivity contribution in [2.75, 3.05) is 26.4 Å². The lowest BCUT2D eigenvalue weighted by atomic mass is 10.2. The zero-order valence-electron chi connectivity index (χ0n) is 42.7. The molecule has 352 valence electrons. The monoisotopic (exact) mass is 885 g/mol. The number of ether oxygens (including phenoxy) is 2. The quantitative estimate of drug-likeness (QED) is 0.175. The van der Waals surface area contributed by atoms with Gasteiger partial charge in [-0.3, -0.25) is 0 Å². The van der Waals surface area contributed by atoms with E-state index >= 15 is 0 Å². The Hall–Kier alpha value is -6.32. The molecule has 0 atom stereocenters. The minimum Gasteiger partial charge on any atom is -0.382 e. The molecule has 2 heteroatoms. The molecule has 2 nitrogen and oxygen atoms in total. The van der Waals surface area contributed by atoms with Crippen LogP contribution in [0.4, 0.5) is 0 Å². The number of hydrogen-bond donors (Lipinski definition) is 0. The minimum atomic E-state index is 0.844. The average Bonchev–Trinajstić information content (AvgIpc) is 3.34. The van der Waals surface area contributed by atoms with Crippen molar-refractivity contribution in [3.8, 4) is 0 Å². The maximum Gasteiger partial charge on any atom is 0.0437 e. The second-order valence-electron chi connectivity index (χ2n) is 14.8. The molecule has 0 aliphatic carbocycles. The second kappa shape index (κ2) is 48.1. The molecule has 0 aliphatic rings. The molecule has 0 radical (unpaired) electrons. The summed E-state index contributed by atoms with van der Waals surface area (Å²) in [5, 5.41) is 0. The lowest BCUT2D eigenvalue weighted by molar-refractivity contribution is 0.162. The molecular weight excluding hydrogens is 801 g/mol. The van der Waals surface area contributed by atoms with Crippen LogP contribution in [0, 0.1) is 55.4 Å². The van der Waals surface area contributed by atoms with Crippen LogP contribution in [0.1, 0.15) is 72.2 Å². The highest BCUT2D eigenvalue weighted by atomic mass is 16.5. The highest BCUT2D eigenvalue weighted by Gasteiger charge is 1.77. The van der Waals surface area contributed by atoms with E-state index in [1.807, 2.05) is 173 Å². The molecule has 8 rings (SSSR count). The van der Waals surface area contributed by atoms with Crippen LogP contribution in [0.15, 0.2) is 243 Å². The molecule has 8 aromatic rings. The van der Waals surface area contributed by atoms with Gasteiger partial charge in [0, 0.05) is 26.4 Å². The molecule has 0 unspecified atom stereocenters. The third-order valence-corrected chi connectivity index (χ3v) is 8.34. The molecule has 0 saturated heterocycles. The zero-order chi connectivity index (χ0) is 49.1. The van der Waals surface area contributed by atoms with E-state index in [1.165, 1.54) is 44.5 Å². The van der Waals surface area contributed by atoms with Gasteiger partial charge in [-0.05, 0) is 83.1 Å². The Labute approximate surface area is 404 Å². The van der Waals surface area contributed by atoms with E-state index in [1.54, 1.807) is 0 Å². The normalized spacial score (nSPS) is 8.67. The number of rotatable bonds is 4. The van der Waals surface area contributed by atoms with E-state index in [2.05, 4.69) is 152 Å². The van der Waals surface area contributed by atoms with Crippen molar-refractivity contribution in [1.82, 2.24) is 0 Å². The summed E-state index contributed by atoms with van der Waals surface area (Å²) in [6.45, 7) is 28.0. The van der Waals surface area contributed by atoms with Crippen molar-refractivity contribution in [1.29, 1.82) is 0 Å². The summed E-state index contributed by atoms with van der Waals surface area (Å²) in [6, 6.07) is 82.1. The summed E-state index contributed by atoms with van der Waals surface area (Å²) < 4.78 is 9.67. The molecule has 0 aromatic heterocycles. The first-order valence-electron chi connectivity index (χ1n) is 23.3. The first-order valence-corrected chi connectivity index (χ1v) is 23.3. The SMILES string of the molecule is CCOCC.CCOCC.Cc1ccccc1.Cc1ccccc1.Cc1ccccc1.Cc1ccccc1.Cc1ccccc1.Cc1ccccc1.Cc1ccccc1.Cc1ccccc1. The second-order valence-corrected chi connectivity index (χ2v) is 14.8. The predicted molar refractivity (Wildman–Crippen MR) is 294 cm³/mol. The molecule has 0 N–H and O–H groups in total.